The van der Waals surface area contributed by atoms with Crippen LogP contribution in [0.4, 0.5) is 11.6 Å². The van der Waals surface area contributed by atoms with Crippen molar-refractivity contribution in [3.63, 3.8) is 0 Å². The number of halogens is 1. The van der Waals surface area contributed by atoms with Crippen molar-refractivity contribution in [3.8, 4) is 11.1 Å². The van der Waals surface area contributed by atoms with Crippen LogP contribution in [0.2, 0.25) is 5.02 Å². The van der Waals surface area contributed by atoms with Crippen LogP contribution in [0.1, 0.15) is 43.7 Å². The highest BCUT2D eigenvalue weighted by Crippen LogP contribution is 2.32. The van der Waals surface area contributed by atoms with Crippen LogP contribution >= 0.6 is 11.6 Å². The zero-order valence-electron chi connectivity index (χ0n) is 23.0. The summed E-state index contributed by atoms with van der Waals surface area (Å²) < 4.78 is 28.3. The van der Waals surface area contributed by atoms with Crippen LogP contribution in [0.25, 0.3) is 22.0 Å². The summed E-state index contributed by atoms with van der Waals surface area (Å²) in [5.41, 5.74) is 11.7. The lowest BCUT2D eigenvalue weighted by molar-refractivity contribution is -0.122. The lowest BCUT2D eigenvalue weighted by atomic mass is 9.92. The molecule has 0 bridgehead atoms. The molecule has 1 fully saturated rings. The summed E-state index contributed by atoms with van der Waals surface area (Å²) in [6.07, 6.45) is 6.83. The highest BCUT2D eigenvalue weighted by Gasteiger charge is 2.20. The van der Waals surface area contributed by atoms with E-state index >= 15 is 0 Å². The number of anilines is 2. The Morgan fingerprint density at radius 2 is 1.76 bits per heavy atom. The number of carbonyl (C=O) groups is 1. The van der Waals surface area contributed by atoms with Crippen LogP contribution < -0.4 is 15.8 Å². The standard InChI is InChI=1S/C29H32ClN5O2S.CH2O2/c1-3-19-15-20(16-21-17-32-29(34-28(19)21)33-24-8-6-23(31)7-9-24)27-13-10-25(14-18(27)2)35-38(36,37)26-11-4-22(30)5-12-26;2-1-3/h4-5,10-17,23-24,35H,3,6-9,31H2,1-2H3,(H,32,33,34);1H,(H,2,3). The Kier molecular flexibility index (Phi) is 9.80. The van der Waals surface area contributed by atoms with E-state index in [0.29, 0.717) is 28.7 Å². The first kappa shape index (κ1) is 30.2. The summed E-state index contributed by atoms with van der Waals surface area (Å²) in [5, 5.41) is 11.8. The van der Waals surface area contributed by atoms with E-state index in [1.807, 2.05) is 25.3 Å². The average molecular weight is 596 g/mol. The van der Waals surface area contributed by atoms with E-state index in [0.717, 1.165) is 65.3 Å². The summed E-state index contributed by atoms with van der Waals surface area (Å²) in [6.45, 7) is 3.85. The normalized spacial score (nSPS) is 16.9. The molecular weight excluding hydrogens is 562 g/mol. The van der Waals surface area contributed by atoms with Gasteiger partial charge < -0.3 is 16.2 Å². The zero-order valence-corrected chi connectivity index (χ0v) is 24.5. The smallest absolute Gasteiger partial charge is 0.290 e. The first-order valence-corrected chi connectivity index (χ1v) is 15.3. The quantitative estimate of drug-likeness (QED) is 0.190. The number of aryl methyl sites for hydroxylation is 2. The molecule has 5 N–H and O–H groups in total. The fraction of sp³-hybridized carbons (Fsp3) is 0.300. The Labute approximate surface area is 245 Å². The van der Waals surface area contributed by atoms with Crippen molar-refractivity contribution in [2.24, 2.45) is 5.73 Å². The van der Waals surface area contributed by atoms with Gasteiger partial charge >= 0.3 is 0 Å². The molecule has 0 spiro atoms. The van der Waals surface area contributed by atoms with Gasteiger partial charge in [0.15, 0.2) is 0 Å². The van der Waals surface area contributed by atoms with Crippen LogP contribution in [-0.2, 0) is 21.2 Å². The number of nitrogens with zero attached hydrogens (tertiary/aromatic N) is 2. The van der Waals surface area contributed by atoms with Gasteiger partial charge in [-0.25, -0.2) is 18.4 Å². The largest absolute Gasteiger partial charge is 0.483 e. The summed E-state index contributed by atoms with van der Waals surface area (Å²) in [6, 6.07) is 16.6. The van der Waals surface area contributed by atoms with Gasteiger partial charge in [-0.05, 0) is 110 Å². The van der Waals surface area contributed by atoms with Gasteiger partial charge in [0.05, 0.1) is 10.4 Å². The van der Waals surface area contributed by atoms with Crippen molar-refractivity contribution in [1.29, 1.82) is 0 Å². The van der Waals surface area contributed by atoms with Crippen LogP contribution in [-0.4, -0.2) is 42.0 Å². The number of benzene rings is 3. The predicted molar refractivity (Wildman–Crippen MR) is 164 cm³/mol. The van der Waals surface area contributed by atoms with E-state index in [9.17, 15) is 8.42 Å². The number of hydrogen-bond acceptors (Lipinski definition) is 7. The molecule has 4 aromatic rings. The molecule has 5 rings (SSSR count). The van der Waals surface area contributed by atoms with Gasteiger partial charge in [0, 0.05) is 34.4 Å². The number of rotatable bonds is 7. The van der Waals surface area contributed by atoms with Crippen molar-refractivity contribution in [3.05, 3.63) is 76.9 Å². The molecule has 0 saturated heterocycles. The van der Waals surface area contributed by atoms with Crippen LogP contribution in [0, 0.1) is 6.92 Å². The van der Waals surface area contributed by atoms with Gasteiger partial charge in [-0.2, -0.15) is 0 Å². The number of carboxylic acid groups (broad SMARTS) is 1. The number of aromatic nitrogens is 2. The van der Waals surface area contributed by atoms with Crippen molar-refractivity contribution in [2.45, 2.75) is 62.9 Å². The highest BCUT2D eigenvalue weighted by molar-refractivity contribution is 7.92. The SMILES string of the molecule is CCc1cc(-c2ccc(NS(=O)(=O)c3ccc(Cl)cc3)cc2C)cc2cnc(NC3CCC(N)CC3)nc12.O=CO. The minimum Gasteiger partial charge on any atom is -0.483 e. The Balaban J connectivity index is 0.00000124. The number of sulfonamides is 1. The lowest BCUT2D eigenvalue weighted by Gasteiger charge is -2.26. The molecule has 0 atom stereocenters. The number of nitrogens with two attached hydrogens (primary N) is 1. The van der Waals surface area contributed by atoms with Gasteiger partial charge in [0.25, 0.3) is 16.5 Å². The van der Waals surface area contributed by atoms with E-state index in [2.05, 4.69) is 34.1 Å². The Morgan fingerprint density at radius 1 is 1.07 bits per heavy atom. The topological polar surface area (TPSA) is 147 Å². The van der Waals surface area contributed by atoms with Crippen molar-refractivity contribution < 1.29 is 18.3 Å². The second-order valence-corrected chi connectivity index (χ2v) is 12.2. The maximum absolute atomic E-state index is 12.8. The molecule has 1 aromatic heterocycles. The van der Waals surface area contributed by atoms with E-state index in [-0.39, 0.29) is 11.4 Å². The van der Waals surface area contributed by atoms with Crippen molar-refractivity contribution in [2.75, 3.05) is 10.0 Å². The Morgan fingerprint density at radius 3 is 2.39 bits per heavy atom. The molecule has 1 saturated carbocycles. The molecule has 1 heterocycles. The fourth-order valence-corrected chi connectivity index (χ4v) is 6.21. The van der Waals surface area contributed by atoms with Crippen molar-refractivity contribution in [1.82, 2.24) is 9.97 Å². The van der Waals surface area contributed by atoms with E-state index < -0.39 is 10.0 Å². The zero-order chi connectivity index (χ0) is 29.6. The second kappa shape index (κ2) is 13.3. The molecule has 1 aliphatic rings. The first-order chi connectivity index (χ1) is 19.6. The minimum absolute atomic E-state index is 0.159. The third kappa shape index (κ3) is 7.52. The third-order valence-corrected chi connectivity index (χ3v) is 8.81. The molecule has 9 nitrogen and oxygen atoms in total. The molecule has 41 heavy (non-hydrogen) atoms. The molecule has 0 amide bonds. The molecule has 216 valence electrons. The van der Waals surface area contributed by atoms with Crippen LogP contribution in [0.3, 0.4) is 0 Å². The average Bonchev–Trinajstić information content (AvgIpc) is 2.94. The summed E-state index contributed by atoms with van der Waals surface area (Å²) in [5.74, 6) is 0.661. The fourth-order valence-electron chi connectivity index (χ4n) is 5.04. The van der Waals surface area contributed by atoms with Gasteiger partial charge in [0.2, 0.25) is 5.95 Å². The maximum Gasteiger partial charge on any atom is 0.290 e. The van der Waals surface area contributed by atoms with Gasteiger partial charge in [-0.3, -0.25) is 9.52 Å². The van der Waals surface area contributed by atoms with Crippen LogP contribution in [0.5, 0.6) is 0 Å². The molecular formula is C30H34ClN5O4S. The number of fused-ring (bicyclic) bond motifs is 1. The lowest BCUT2D eigenvalue weighted by Crippen LogP contribution is -2.33. The third-order valence-electron chi connectivity index (χ3n) is 7.16. The molecule has 11 heteroatoms. The van der Waals surface area contributed by atoms with E-state index in [1.54, 1.807) is 18.2 Å². The Hall–Kier alpha value is -3.73. The number of hydrogen-bond donors (Lipinski definition) is 4. The maximum atomic E-state index is 12.8. The Bertz CT molecular complexity index is 1620. The second-order valence-electron chi connectivity index (χ2n) is 10.1. The van der Waals surface area contributed by atoms with Crippen molar-refractivity contribution >= 4 is 50.6 Å². The van der Waals surface area contributed by atoms with E-state index in [4.69, 9.17) is 32.2 Å². The van der Waals surface area contributed by atoms with Crippen LogP contribution in [0.15, 0.2) is 65.7 Å². The first-order valence-electron chi connectivity index (χ1n) is 13.4. The molecule has 0 aliphatic heterocycles. The summed E-state index contributed by atoms with van der Waals surface area (Å²) >= 11 is 5.90. The summed E-state index contributed by atoms with van der Waals surface area (Å²) in [4.78, 5) is 18.0. The highest BCUT2D eigenvalue weighted by atomic mass is 35.5. The van der Waals surface area contributed by atoms with Gasteiger partial charge in [-0.1, -0.05) is 24.6 Å². The minimum atomic E-state index is -3.72. The monoisotopic (exact) mass is 595 g/mol. The molecule has 3 aromatic carbocycles. The van der Waals surface area contributed by atoms with Gasteiger partial charge in [-0.15, -0.1) is 0 Å². The predicted octanol–water partition coefficient (Wildman–Crippen LogP) is 6.00. The number of nitrogens with one attached hydrogen (secondary N) is 2. The van der Waals surface area contributed by atoms with Gasteiger partial charge in [0.1, 0.15) is 0 Å². The molecule has 1 aliphatic carbocycles. The van der Waals surface area contributed by atoms with E-state index in [1.165, 1.54) is 12.1 Å². The molecule has 0 radical (unpaired) electrons. The summed E-state index contributed by atoms with van der Waals surface area (Å²) in [7, 11) is -3.72. The molecule has 0 unspecified atom stereocenters.